The fourth-order valence-corrected chi connectivity index (χ4v) is 3.58. The first-order valence-electron chi connectivity index (χ1n) is 10.5. The van der Waals surface area contributed by atoms with Crippen molar-refractivity contribution in [2.75, 3.05) is 6.61 Å². The zero-order valence-corrected chi connectivity index (χ0v) is 19.3. The number of carbonyl (C=O) groups excluding carboxylic acids is 1. The van der Waals surface area contributed by atoms with Crippen molar-refractivity contribution in [1.82, 2.24) is 19.7 Å². The molecule has 8 nitrogen and oxygen atoms in total. The maximum Gasteiger partial charge on any atom is 0.416 e. The normalized spacial score (nSPS) is 13.9. The number of hydrogen-bond acceptors (Lipinski definition) is 5. The van der Waals surface area contributed by atoms with Gasteiger partial charge in [0.05, 0.1) is 24.8 Å². The van der Waals surface area contributed by atoms with Crippen molar-refractivity contribution in [1.29, 1.82) is 0 Å². The quantitative estimate of drug-likeness (QED) is 0.372. The number of amides is 1. The summed E-state index contributed by atoms with van der Waals surface area (Å²) in [6, 6.07) is 8.16. The van der Waals surface area contributed by atoms with Crippen LogP contribution in [0.5, 0.6) is 0 Å². The van der Waals surface area contributed by atoms with Crippen LogP contribution in [0.25, 0.3) is 11.4 Å². The highest BCUT2D eigenvalue weighted by atomic mass is 35.5. The fourth-order valence-electron chi connectivity index (χ4n) is 3.45. The number of benzene rings is 2. The summed E-state index contributed by atoms with van der Waals surface area (Å²) < 4.78 is 79.9. The van der Waals surface area contributed by atoms with Gasteiger partial charge in [-0.25, -0.2) is 9.48 Å². The number of aliphatic hydroxyl groups excluding tert-OH is 2. The Morgan fingerprint density at radius 3 is 2.24 bits per heavy atom. The third kappa shape index (κ3) is 6.70. The second-order valence-electron chi connectivity index (χ2n) is 7.83. The lowest BCUT2D eigenvalue weighted by Gasteiger charge is -2.21. The Morgan fingerprint density at radius 1 is 1.05 bits per heavy atom. The Balaban J connectivity index is 1.93. The molecule has 0 saturated carbocycles. The van der Waals surface area contributed by atoms with Crippen LogP contribution in [0.3, 0.4) is 0 Å². The standard InChI is InChI=1S/C22H19ClF6N4O4/c23-13-7-5-12(6-8-13)19-31-33(20(37)32(19)9-17(35)22(27,28)29)10-18(36)30-16(11-34)14-3-1-2-4-15(14)21(24,25)26/h1-8,16-17,34-35H,9-11H2,(H,30,36)/t16?,17-/m0/s1. The van der Waals surface area contributed by atoms with Crippen LogP contribution in [0.1, 0.15) is 17.2 Å². The highest BCUT2D eigenvalue weighted by Gasteiger charge is 2.39. The van der Waals surface area contributed by atoms with Gasteiger partial charge in [-0.2, -0.15) is 26.3 Å². The molecule has 3 aromatic rings. The largest absolute Gasteiger partial charge is 0.416 e. The zero-order valence-electron chi connectivity index (χ0n) is 18.6. The van der Waals surface area contributed by atoms with Gasteiger partial charge in [0.15, 0.2) is 11.9 Å². The summed E-state index contributed by atoms with van der Waals surface area (Å²) in [6.45, 7) is -3.06. The molecular formula is C22H19ClF6N4O4. The van der Waals surface area contributed by atoms with Gasteiger partial charge in [-0.3, -0.25) is 9.36 Å². The molecule has 1 heterocycles. The van der Waals surface area contributed by atoms with Crippen LogP contribution >= 0.6 is 11.6 Å². The minimum Gasteiger partial charge on any atom is -0.394 e. The van der Waals surface area contributed by atoms with Crippen LogP contribution in [0.15, 0.2) is 53.3 Å². The monoisotopic (exact) mass is 552 g/mol. The van der Waals surface area contributed by atoms with Gasteiger partial charge in [0.25, 0.3) is 0 Å². The second-order valence-corrected chi connectivity index (χ2v) is 8.26. The van der Waals surface area contributed by atoms with Crippen LogP contribution in [0.4, 0.5) is 26.3 Å². The molecule has 15 heteroatoms. The summed E-state index contributed by atoms with van der Waals surface area (Å²) in [5, 5.41) is 25.5. The lowest BCUT2D eigenvalue weighted by atomic mass is 10.0. The first-order chi connectivity index (χ1) is 17.2. The Bertz CT molecular complexity index is 1300. The molecule has 2 atom stereocenters. The number of aliphatic hydroxyl groups is 2. The first-order valence-corrected chi connectivity index (χ1v) is 10.8. The molecule has 0 bridgehead atoms. The minimum absolute atomic E-state index is 0.141. The van der Waals surface area contributed by atoms with Gasteiger partial charge in [-0.15, -0.1) is 5.10 Å². The van der Waals surface area contributed by atoms with E-state index in [0.29, 0.717) is 9.25 Å². The van der Waals surface area contributed by atoms with Crippen molar-refractivity contribution in [2.45, 2.75) is 37.6 Å². The fraction of sp³-hybridized carbons (Fsp3) is 0.318. The van der Waals surface area contributed by atoms with Gasteiger partial charge in [-0.1, -0.05) is 29.8 Å². The molecular weight excluding hydrogens is 534 g/mol. The number of carbonyl (C=O) groups is 1. The predicted octanol–water partition coefficient (Wildman–Crippen LogP) is 3.16. The Kier molecular flexibility index (Phi) is 8.35. The van der Waals surface area contributed by atoms with E-state index < -0.39 is 66.9 Å². The molecule has 0 aliphatic heterocycles. The van der Waals surface area contributed by atoms with Gasteiger partial charge in [-0.05, 0) is 35.9 Å². The number of aromatic nitrogens is 3. The summed E-state index contributed by atoms with van der Waals surface area (Å²) in [5.41, 5.74) is -2.58. The van der Waals surface area contributed by atoms with Gasteiger partial charge in [0, 0.05) is 10.6 Å². The lowest BCUT2D eigenvalue weighted by molar-refractivity contribution is -0.207. The van der Waals surface area contributed by atoms with Crippen LogP contribution in [-0.2, 0) is 24.1 Å². The maximum absolute atomic E-state index is 13.3. The topological polar surface area (TPSA) is 109 Å². The minimum atomic E-state index is -5.06. The molecule has 1 unspecified atom stereocenters. The number of nitrogens with zero attached hydrogens (tertiary/aromatic N) is 3. The van der Waals surface area contributed by atoms with Crippen molar-refractivity contribution in [3.8, 4) is 11.4 Å². The SMILES string of the molecule is O=C(Cn1nc(-c2ccc(Cl)cc2)n(C[C@H](O)C(F)(F)F)c1=O)NC(CO)c1ccccc1C(F)(F)F. The Labute approximate surface area is 209 Å². The van der Waals surface area contributed by atoms with Crippen LogP contribution in [0, 0.1) is 0 Å². The molecule has 1 aromatic heterocycles. The van der Waals surface area contributed by atoms with E-state index >= 15 is 0 Å². The smallest absolute Gasteiger partial charge is 0.394 e. The second kappa shape index (κ2) is 10.9. The van der Waals surface area contributed by atoms with Gasteiger partial charge < -0.3 is 15.5 Å². The van der Waals surface area contributed by atoms with Gasteiger partial charge in [0.2, 0.25) is 5.91 Å². The molecule has 3 rings (SSSR count). The van der Waals surface area contributed by atoms with Crippen LogP contribution < -0.4 is 11.0 Å². The third-order valence-corrected chi connectivity index (χ3v) is 5.46. The van der Waals surface area contributed by atoms with Gasteiger partial charge >= 0.3 is 18.0 Å². The molecule has 200 valence electrons. The van der Waals surface area contributed by atoms with E-state index in [2.05, 4.69) is 10.4 Å². The van der Waals surface area contributed by atoms with Crippen molar-refractivity contribution >= 4 is 17.5 Å². The molecule has 0 fully saturated rings. The van der Waals surface area contributed by atoms with E-state index in [1.165, 1.54) is 30.3 Å². The Morgan fingerprint density at radius 2 is 1.68 bits per heavy atom. The molecule has 37 heavy (non-hydrogen) atoms. The number of nitrogens with one attached hydrogen (secondary N) is 1. The molecule has 0 aliphatic carbocycles. The number of halogens is 7. The van der Waals surface area contributed by atoms with E-state index in [0.717, 1.165) is 18.2 Å². The van der Waals surface area contributed by atoms with Gasteiger partial charge in [0.1, 0.15) is 6.54 Å². The van der Waals surface area contributed by atoms with Crippen LogP contribution in [-0.4, -0.2) is 49.4 Å². The van der Waals surface area contributed by atoms with E-state index in [4.69, 9.17) is 11.6 Å². The lowest BCUT2D eigenvalue weighted by Crippen LogP contribution is -2.39. The van der Waals surface area contributed by atoms with E-state index in [1.54, 1.807) is 0 Å². The Hall–Kier alpha value is -3.36. The summed E-state index contributed by atoms with van der Waals surface area (Å²) in [7, 11) is 0. The molecule has 3 N–H and O–H groups in total. The highest BCUT2D eigenvalue weighted by Crippen LogP contribution is 2.34. The summed E-state index contributed by atoms with van der Waals surface area (Å²) in [5.74, 6) is -1.37. The van der Waals surface area contributed by atoms with Crippen molar-refractivity contribution in [3.05, 3.63) is 75.2 Å². The van der Waals surface area contributed by atoms with Crippen molar-refractivity contribution < 1.29 is 41.4 Å². The summed E-state index contributed by atoms with van der Waals surface area (Å²) in [6.07, 6.45) is -12.8. The number of rotatable bonds is 8. The number of alkyl halides is 6. The van der Waals surface area contributed by atoms with E-state index in [9.17, 15) is 46.1 Å². The average Bonchev–Trinajstić information content (AvgIpc) is 3.11. The molecule has 1 amide bonds. The average molecular weight is 553 g/mol. The van der Waals surface area contributed by atoms with Crippen LogP contribution in [0.2, 0.25) is 5.02 Å². The molecule has 0 spiro atoms. The molecule has 2 aromatic carbocycles. The molecule has 0 radical (unpaired) electrons. The zero-order chi connectivity index (χ0) is 27.5. The number of hydrogen-bond donors (Lipinski definition) is 3. The van der Waals surface area contributed by atoms with Crippen molar-refractivity contribution in [2.24, 2.45) is 0 Å². The molecule has 0 aliphatic rings. The predicted molar refractivity (Wildman–Crippen MR) is 118 cm³/mol. The molecule has 0 saturated heterocycles. The maximum atomic E-state index is 13.3. The summed E-state index contributed by atoms with van der Waals surface area (Å²) >= 11 is 5.81. The third-order valence-electron chi connectivity index (χ3n) is 5.21. The highest BCUT2D eigenvalue weighted by molar-refractivity contribution is 6.30. The van der Waals surface area contributed by atoms with Crippen molar-refractivity contribution in [3.63, 3.8) is 0 Å². The van der Waals surface area contributed by atoms with E-state index in [1.807, 2.05) is 0 Å². The summed E-state index contributed by atoms with van der Waals surface area (Å²) in [4.78, 5) is 25.4. The van der Waals surface area contributed by atoms with E-state index in [-0.39, 0.29) is 16.4 Å². The first kappa shape index (κ1) is 28.2.